The van der Waals surface area contributed by atoms with Crippen molar-refractivity contribution in [3.05, 3.63) is 88.0 Å². The molecule has 0 saturated carbocycles. The number of methoxy groups -OCH3 is 1. The van der Waals surface area contributed by atoms with Crippen molar-refractivity contribution in [1.29, 1.82) is 0 Å². The average molecular weight is 491 g/mol. The molecule has 186 valence electrons. The highest BCUT2D eigenvalue weighted by molar-refractivity contribution is 5.83. The second-order valence-electron chi connectivity index (χ2n) is 8.77. The highest BCUT2D eigenvalue weighted by Gasteiger charge is 2.23. The number of piperazine rings is 1. The Morgan fingerprint density at radius 1 is 0.944 bits per heavy atom. The van der Waals surface area contributed by atoms with Crippen molar-refractivity contribution in [3.63, 3.8) is 0 Å². The van der Waals surface area contributed by atoms with Crippen LogP contribution in [0.15, 0.2) is 69.9 Å². The summed E-state index contributed by atoms with van der Waals surface area (Å²) in [5.41, 5.74) is 1.61. The highest BCUT2D eigenvalue weighted by atomic mass is 19.1. The number of benzene rings is 3. The van der Waals surface area contributed by atoms with E-state index in [1.165, 1.54) is 18.2 Å². The molecule has 1 aliphatic heterocycles. The molecule has 1 N–H and O–H groups in total. The molecule has 1 aromatic heterocycles. The lowest BCUT2D eigenvalue weighted by Gasteiger charge is -2.36. The zero-order chi connectivity index (χ0) is 25.2. The molecular formula is C28H27FN2O5. The first-order valence-electron chi connectivity index (χ1n) is 11.8. The Hall–Kier alpha value is -4.04. The van der Waals surface area contributed by atoms with Gasteiger partial charge in [0, 0.05) is 38.4 Å². The summed E-state index contributed by atoms with van der Waals surface area (Å²) in [6, 6.07) is 16.5. The molecule has 1 aliphatic rings. The lowest BCUT2D eigenvalue weighted by molar-refractivity contribution is 0.246. The Morgan fingerprint density at radius 2 is 1.61 bits per heavy atom. The van der Waals surface area contributed by atoms with Crippen molar-refractivity contribution in [2.75, 3.05) is 38.2 Å². The number of ether oxygens (including phenoxy) is 2. The predicted molar refractivity (Wildman–Crippen MR) is 136 cm³/mol. The third kappa shape index (κ3) is 4.72. The Morgan fingerprint density at radius 3 is 2.28 bits per heavy atom. The van der Waals surface area contributed by atoms with Crippen LogP contribution in [0.4, 0.5) is 10.1 Å². The third-order valence-corrected chi connectivity index (χ3v) is 6.49. The maximum Gasteiger partial charge on any atom is 0.235 e. The van der Waals surface area contributed by atoms with Crippen molar-refractivity contribution in [2.24, 2.45) is 0 Å². The first kappa shape index (κ1) is 23.7. The first-order chi connectivity index (χ1) is 17.4. The standard InChI is InChI=1S/C28H27FN2O5/c1-18-27(36-22-9-7-21(34-2)8-10-22)26(33)23-11-12-25(32)24(28(23)35-18)17-30-13-15-31(16-14-30)20-5-3-19(29)4-6-20/h3-12,32H,13-17H2,1-2H3. The van der Waals surface area contributed by atoms with Crippen LogP contribution in [0.25, 0.3) is 11.0 Å². The monoisotopic (exact) mass is 490 g/mol. The van der Waals surface area contributed by atoms with Crippen molar-refractivity contribution < 1.29 is 23.4 Å². The Balaban J connectivity index is 1.37. The zero-order valence-electron chi connectivity index (χ0n) is 20.2. The topological polar surface area (TPSA) is 75.4 Å². The number of anilines is 1. The summed E-state index contributed by atoms with van der Waals surface area (Å²) in [5.74, 6) is 1.44. The zero-order valence-corrected chi connectivity index (χ0v) is 20.2. The van der Waals surface area contributed by atoms with Gasteiger partial charge in [0.25, 0.3) is 0 Å². The third-order valence-electron chi connectivity index (χ3n) is 6.49. The van der Waals surface area contributed by atoms with Crippen molar-refractivity contribution in [3.8, 4) is 23.0 Å². The fourth-order valence-corrected chi connectivity index (χ4v) is 4.47. The average Bonchev–Trinajstić information content (AvgIpc) is 2.89. The molecule has 7 nitrogen and oxygen atoms in total. The van der Waals surface area contributed by atoms with Crippen LogP contribution in [-0.2, 0) is 6.54 Å². The molecule has 0 amide bonds. The molecule has 0 radical (unpaired) electrons. The lowest BCUT2D eigenvalue weighted by Crippen LogP contribution is -2.46. The van der Waals surface area contributed by atoms with Gasteiger partial charge in [0.05, 0.1) is 18.1 Å². The van der Waals surface area contributed by atoms with Gasteiger partial charge in [-0.05, 0) is 67.6 Å². The van der Waals surface area contributed by atoms with E-state index in [2.05, 4.69) is 9.80 Å². The molecule has 4 aromatic rings. The van der Waals surface area contributed by atoms with Gasteiger partial charge in [-0.25, -0.2) is 4.39 Å². The number of hydrogen-bond acceptors (Lipinski definition) is 7. The smallest absolute Gasteiger partial charge is 0.235 e. The number of hydrogen-bond donors (Lipinski definition) is 1. The van der Waals surface area contributed by atoms with Gasteiger partial charge in [-0.15, -0.1) is 0 Å². The second-order valence-corrected chi connectivity index (χ2v) is 8.77. The molecule has 3 aromatic carbocycles. The van der Waals surface area contributed by atoms with E-state index in [1.807, 2.05) is 0 Å². The van der Waals surface area contributed by atoms with Gasteiger partial charge < -0.3 is 23.9 Å². The molecule has 1 saturated heterocycles. The summed E-state index contributed by atoms with van der Waals surface area (Å²) in [6.45, 7) is 5.13. The summed E-state index contributed by atoms with van der Waals surface area (Å²) in [6.07, 6.45) is 0. The number of aryl methyl sites for hydroxylation is 1. The quantitative estimate of drug-likeness (QED) is 0.405. The van der Waals surface area contributed by atoms with E-state index in [4.69, 9.17) is 13.9 Å². The van der Waals surface area contributed by atoms with Crippen LogP contribution in [0.5, 0.6) is 23.0 Å². The lowest BCUT2D eigenvalue weighted by atomic mass is 10.1. The van der Waals surface area contributed by atoms with Gasteiger partial charge in [0.15, 0.2) is 0 Å². The van der Waals surface area contributed by atoms with Crippen molar-refractivity contribution >= 4 is 16.7 Å². The summed E-state index contributed by atoms with van der Waals surface area (Å²) in [7, 11) is 1.58. The molecule has 2 heterocycles. The van der Waals surface area contributed by atoms with E-state index in [0.717, 1.165) is 31.9 Å². The van der Waals surface area contributed by atoms with Crippen LogP contribution < -0.4 is 19.8 Å². The molecular weight excluding hydrogens is 463 g/mol. The van der Waals surface area contributed by atoms with E-state index in [0.29, 0.717) is 40.3 Å². The molecule has 1 fully saturated rings. The molecule has 0 aliphatic carbocycles. The number of nitrogens with zero attached hydrogens (tertiary/aromatic N) is 2. The number of phenols is 1. The van der Waals surface area contributed by atoms with E-state index in [-0.39, 0.29) is 22.7 Å². The largest absolute Gasteiger partial charge is 0.507 e. The second kappa shape index (κ2) is 9.91. The molecule has 36 heavy (non-hydrogen) atoms. The maximum absolute atomic E-state index is 13.3. The SMILES string of the molecule is COc1ccc(Oc2c(C)oc3c(CN4CCN(c5ccc(F)cc5)CC4)c(O)ccc3c2=O)cc1. The minimum Gasteiger partial charge on any atom is -0.507 e. The minimum atomic E-state index is -0.299. The molecule has 0 unspecified atom stereocenters. The van der Waals surface area contributed by atoms with Gasteiger partial charge in [0.2, 0.25) is 11.2 Å². The Kier molecular flexibility index (Phi) is 6.52. The van der Waals surface area contributed by atoms with E-state index < -0.39 is 0 Å². The van der Waals surface area contributed by atoms with Gasteiger partial charge in [-0.3, -0.25) is 9.69 Å². The fourth-order valence-electron chi connectivity index (χ4n) is 4.47. The van der Waals surface area contributed by atoms with Crippen LogP contribution in [0.1, 0.15) is 11.3 Å². The normalized spacial score (nSPS) is 14.2. The van der Waals surface area contributed by atoms with E-state index in [1.54, 1.807) is 56.5 Å². The van der Waals surface area contributed by atoms with Crippen LogP contribution in [0, 0.1) is 12.7 Å². The van der Waals surface area contributed by atoms with Crippen LogP contribution in [0.3, 0.4) is 0 Å². The Labute approximate surface area is 207 Å². The predicted octanol–water partition coefficient (Wildman–Crippen LogP) is 5.07. The summed E-state index contributed by atoms with van der Waals surface area (Å²) < 4.78 is 30.3. The van der Waals surface area contributed by atoms with Gasteiger partial charge in [-0.2, -0.15) is 0 Å². The number of rotatable bonds is 6. The van der Waals surface area contributed by atoms with E-state index >= 15 is 0 Å². The number of fused-ring (bicyclic) bond motifs is 1. The maximum atomic E-state index is 13.3. The Bertz CT molecular complexity index is 1430. The molecule has 5 rings (SSSR count). The summed E-state index contributed by atoms with van der Waals surface area (Å²) >= 11 is 0. The summed E-state index contributed by atoms with van der Waals surface area (Å²) in [4.78, 5) is 17.7. The molecule has 0 spiro atoms. The van der Waals surface area contributed by atoms with Gasteiger partial charge in [0.1, 0.15) is 34.4 Å². The molecule has 0 bridgehead atoms. The highest BCUT2D eigenvalue weighted by Crippen LogP contribution is 2.32. The number of aromatic hydroxyl groups is 1. The molecule has 0 atom stereocenters. The van der Waals surface area contributed by atoms with Crippen LogP contribution in [0.2, 0.25) is 0 Å². The van der Waals surface area contributed by atoms with E-state index in [9.17, 15) is 14.3 Å². The number of phenolic OH excluding ortho intramolecular Hbond substituents is 1. The summed E-state index contributed by atoms with van der Waals surface area (Å²) in [5, 5.41) is 11.0. The van der Waals surface area contributed by atoms with Crippen molar-refractivity contribution in [2.45, 2.75) is 13.5 Å². The number of halogens is 1. The molecule has 8 heteroatoms. The van der Waals surface area contributed by atoms with Gasteiger partial charge >= 0.3 is 0 Å². The van der Waals surface area contributed by atoms with Crippen molar-refractivity contribution in [1.82, 2.24) is 4.90 Å². The first-order valence-corrected chi connectivity index (χ1v) is 11.8. The fraction of sp³-hybridized carbons (Fsp3) is 0.250. The van der Waals surface area contributed by atoms with Crippen LogP contribution in [-0.4, -0.2) is 43.3 Å². The minimum absolute atomic E-state index is 0.0786. The van der Waals surface area contributed by atoms with Gasteiger partial charge in [-0.1, -0.05) is 0 Å². The van der Waals surface area contributed by atoms with Crippen LogP contribution >= 0.6 is 0 Å².